The van der Waals surface area contributed by atoms with Gasteiger partial charge in [0.25, 0.3) is 0 Å². The fraction of sp³-hybridized carbons (Fsp3) is 0.0952. The van der Waals surface area contributed by atoms with E-state index in [1.54, 1.807) is 18.2 Å². The average molecular weight is 406 g/mol. The van der Waals surface area contributed by atoms with Gasteiger partial charge in [-0.1, -0.05) is 35.6 Å². The van der Waals surface area contributed by atoms with Crippen molar-refractivity contribution in [2.45, 2.75) is 6.42 Å². The van der Waals surface area contributed by atoms with Crippen molar-refractivity contribution in [3.05, 3.63) is 70.9 Å². The highest BCUT2D eigenvalue weighted by atomic mass is 32.1. The van der Waals surface area contributed by atoms with Crippen molar-refractivity contribution in [1.29, 1.82) is 0 Å². The molecule has 0 radical (unpaired) electrons. The third-order valence-electron chi connectivity index (χ3n) is 4.34. The van der Waals surface area contributed by atoms with E-state index in [1.165, 1.54) is 30.6 Å². The van der Waals surface area contributed by atoms with Crippen LogP contribution in [0, 0.1) is 0 Å². The van der Waals surface area contributed by atoms with Crippen LogP contribution in [0.2, 0.25) is 0 Å². The highest BCUT2D eigenvalue weighted by Gasteiger charge is 2.10. The molecule has 0 bridgehead atoms. The maximum Gasteiger partial charge on any atom is 0.250 e. The molecule has 146 valence electrons. The molecule has 7 nitrogen and oxygen atoms in total. The van der Waals surface area contributed by atoms with Gasteiger partial charge in [-0.15, -0.1) is 10.2 Å². The van der Waals surface area contributed by atoms with Crippen LogP contribution in [0.25, 0.3) is 17.0 Å². The summed E-state index contributed by atoms with van der Waals surface area (Å²) in [5, 5.41) is 23.0. The normalized spacial score (nSPS) is 11.2. The van der Waals surface area contributed by atoms with Gasteiger partial charge >= 0.3 is 0 Å². The van der Waals surface area contributed by atoms with Gasteiger partial charge in [-0.3, -0.25) is 10.1 Å². The smallest absolute Gasteiger partial charge is 0.250 e. The fourth-order valence-corrected chi connectivity index (χ4v) is 3.70. The molecule has 0 aliphatic rings. The first-order valence-electron chi connectivity index (χ1n) is 8.86. The maximum absolute atomic E-state index is 12.2. The number of nitrogens with zero attached hydrogens (tertiary/aromatic N) is 2. The second-order valence-electron chi connectivity index (χ2n) is 6.29. The van der Waals surface area contributed by atoms with Crippen LogP contribution in [0.15, 0.2) is 54.7 Å². The Morgan fingerprint density at radius 1 is 1.28 bits per heavy atom. The zero-order valence-electron chi connectivity index (χ0n) is 15.5. The first-order valence-corrected chi connectivity index (χ1v) is 9.67. The molecule has 1 amide bonds. The van der Waals surface area contributed by atoms with Crippen molar-refractivity contribution in [1.82, 2.24) is 15.2 Å². The number of hydrogen-bond donors (Lipinski definition) is 3. The molecule has 2 aromatic heterocycles. The molecule has 0 saturated carbocycles. The van der Waals surface area contributed by atoms with Gasteiger partial charge in [0.1, 0.15) is 5.01 Å². The number of H-pyrrole nitrogens is 1. The summed E-state index contributed by atoms with van der Waals surface area (Å²) in [5.41, 5.74) is 2.94. The van der Waals surface area contributed by atoms with E-state index in [1.807, 2.05) is 24.4 Å². The number of anilines is 1. The Labute approximate surface area is 170 Å². The first-order chi connectivity index (χ1) is 14.1. The molecular formula is C21H18N4O3S. The van der Waals surface area contributed by atoms with Crippen molar-refractivity contribution in [3.63, 3.8) is 0 Å². The molecule has 2 heterocycles. The summed E-state index contributed by atoms with van der Waals surface area (Å²) in [6, 6.07) is 12.9. The zero-order chi connectivity index (χ0) is 20.2. The molecule has 3 N–H and O–H groups in total. The summed E-state index contributed by atoms with van der Waals surface area (Å²) in [7, 11) is 1.47. The van der Waals surface area contributed by atoms with E-state index in [4.69, 9.17) is 4.74 Å². The predicted molar refractivity (Wildman–Crippen MR) is 113 cm³/mol. The number of carbonyl (C=O) groups is 1. The lowest BCUT2D eigenvalue weighted by molar-refractivity contribution is -0.111. The van der Waals surface area contributed by atoms with E-state index in [0.717, 1.165) is 27.0 Å². The summed E-state index contributed by atoms with van der Waals surface area (Å²) in [6.07, 6.45) is 5.64. The van der Waals surface area contributed by atoms with Crippen molar-refractivity contribution in [3.8, 4) is 11.5 Å². The number of amides is 1. The van der Waals surface area contributed by atoms with Gasteiger partial charge in [-0.05, 0) is 35.4 Å². The summed E-state index contributed by atoms with van der Waals surface area (Å²) in [6.45, 7) is 0. The summed E-state index contributed by atoms with van der Waals surface area (Å²) < 4.78 is 5.06. The SMILES string of the molecule is COc1cc(/C=C/C(=O)Nc2nnc(Cc3c[nH]c4ccccc34)s2)ccc1O. The van der Waals surface area contributed by atoms with Crippen LogP contribution in [0.3, 0.4) is 0 Å². The third-order valence-corrected chi connectivity index (χ3v) is 5.18. The van der Waals surface area contributed by atoms with Crippen molar-refractivity contribution in [2.75, 3.05) is 12.4 Å². The van der Waals surface area contributed by atoms with Gasteiger partial charge < -0.3 is 14.8 Å². The van der Waals surface area contributed by atoms with Crippen LogP contribution in [-0.4, -0.2) is 33.3 Å². The standard InChI is InChI=1S/C21H18N4O3S/c1-28-18-10-13(6-8-17(18)26)7-9-19(27)23-21-25-24-20(29-21)11-14-12-22-16-5-3-2-4-15(14)16/h2-10,12,22,26H,11H2,1H3,(H,23,25,27)/b9-7+. The number of rotatable bonds is 6. The van der Waals surface area contributed by atoms with E-state index in [2.05, 4.69) is 26.6 Å². The molecule has 8 heteroatoms. The largest absolute Gasteiger partial charge is 0.504 e. The highest BCUT2D eigenvalue weighted by Crippen LogP contribution is 2.27. The molecule has 0 aliphatic heterocycles. The Kier molecular flexibility index (Phi) is 5.26. The molecule has 4 rings (SSSR count). The number of fused-ring (bicyclic) bond motifs is 1. The molecule has 2 aromatic carbocycles. The minimum absolute atomic E-state index is 0.0469. The van der Waals surface area contributed by atoms with E-state index < -0.39 is 0 Å². The second-order valence-corrected chi connectivity index (χ2v) is 7.35. The lowest BCUT2D eigenvalue weighted by atomic mass is 10.1. The zero-order valence-corrected chi connectivity index (χ0v) is 16.4. The fourth-order valence-electron chi connectivity index (χ4n) is 2.93. The lowest BCUT2D eigenvalue weighted by Crippen LogP contribution is -2.07. The number of phenols is 1. The minimum atomic E-state index is -0.313. The second kappa shape index (κ2) is 8.15. The van der Waals surface area contributed by atoms with Gasteiger partial charge in [-0.2, -0.15) is 0 Å². The Bertz CT molecular complexity index is 1200. The van der Waals surface area contributed by atoms with Crippen molar-refractivity contribution < 1.29 is 14.6 Å². The Morgan fingerprint density at radius 3 is 3.00 bits per heavy atom. The number of aromatic hydroxyl groups is 1. The Hall–Kier alpha value is -3.65. The summed E-state index contributed by atoms with van der Waals surface area (Å²) in [4.78, 5) is 15.4. The molecular weight excluding hydrogens is 388 g/mol. The van der Waals surface area contributed by atoms with Gasteiger partial charge in [0.15, 0.2) is 11.5 Å². The molecule has 0 aliphatic carbocycles. The van der Waals surface area contributed by atoms with Gasteiger partial charge in [0.05, 0.1) is 7.11 Å². The van der Waals surface area contributed by atoms with E-state index in [9.17, 15) is 9.90 Å². The molecule has 0 fully saturated rings. The van der Waals surface area contributed by atoms with Crippen LogP contribution < -0.4 is 10.1 Å². The number of hydrogen-bond acceptors (Lipinski definition) is 6. The first kappa shape index (κ1) is 18.7. The number of aromatic nitrogens is 3. The molecule has 0 unspecified atom stereocenters. The monoisotopic (exact) mass is 406 g/mol. The van der Waals surface area contributed by atoms with Crippen LogP contribution in [0.4, 0.5) is 5.13 Å². The van der Waals surface area contributed by atoms with Crippen molar-refractivity contribution in [2.24, 2.45) is 0 Å². The summed E-state index contributed by atoms with van der Waals surface area (Å²) >= 11 is 1.34. The molecule has 0 saturated heterocycles. The average Bonchev–Trinajstić information content (AvgIpc) is 3.35. The van der Waals surface area contributed by atoms with Crippen LogP contribution in [-0.2, 0) is 11.2 Å². The van der Waals surface area contributed by atoms with Crippen LogP contribution in [0.1, 0.15) is 16.1 Å². The number of phenolic OH excluding ortho intramolecular Hbond substituents is 1. The number of ether oxygens (including phenoxy) is 1. The number of para-hydroxylation sites is 1. The lowest BCUT2D eigenvalue weighted by Gasteiger charge is -2.03. The Morgan fingerprint density at radius 2 is 2.14 bits per heavy atom. The third kappa shape index (κ3) is 4.27. The molecule has 0 atom stereocenters. The van der Waals surface area contributed by atoms with E-state index in [0.29, 0.717) is 17.3 Å². The minimum Gasteiger partial charge on any atom is -0.504 e. The number of carbonyl (C=O) groups excluding carboxylic acids is 1. The molecule has 4 aromatic rings. The van der Waals surface area contributed by atoms with Crippen molar-refractivity contribution >= 4 is 39.4 Å². The number of benzene rings is 2. The number of methoxy groups -OCH3 is 1. The van der Waals surface area contributed by atoms with E-state index >= 15 is 0 Å². The topological polar surface area (TPSA) is 100 Å². The quantitative estimate of drug-likeness (QED) is 0.421. The van der Waals surface area contributed by atoms with Crippen LogP contribution in [0.5, 0.6) is 11.5 Å². The maximum atomic E-state index is 12.2. The van der Waals surface area contributed by atoms with Gasteiger partial charge in [0.2, 0.25) is 11.0 Å². The van der Waals surface area contributed by atoms with Gasteiger partial charge in [0, 0.05) is 29.6 Å². The number of aromatic amines is 1. The number of nitrogens with one attached hydrogen (secondary N) is 2. The Balaban J connectivity index is 1.40. The molecule has 0 spiro atoms. The predicted octanol–water partition coefficient (Wildman–Crippen LogP) is 3.98. The molecule has 29 heavy (non-hydrogen) atoms. The van der Waals surface area contributed by atoms with E-state index in [-0.39, 0.29) is 11.7 Å². The summed E-state index contributed by atoms with van der Waals surface area (Å²) in [5.74, 6) is 0.0798. The van der Waals surface area contributed by atoms with Crippen LogP contribution >= 0.6 is 11.3 Å². The van der Waals surface area contributed by atoms with Gasteiger partial charge in [-0.25, -0.2) is 0 Å². The highest BCUT2D eigenvalue weighted by molar-refractivity contribution is 7.15.